The topological polar surface area (TPSA) is 83.2 Å². The second-order valence-corrected chi connectivity index (χ2v) is 14.0. The number of hydrogen-bond donors (Lipinski definition) is 0. The average Bonchev–Trinajstić information content (AvgIpc) is 3.63. The van der Waals surface area contributed by atoms with Crippen LogP contribution in [0.25, 0.3) is 15.2 Å². The van der Waals surface area contributed by atoms with Gasteiger partial charge in [-0.05, 0) is 89.3 Å². The third kappa shape index (κ3) is 5.01. The molecule has 220 valence electrons. The van der Waals surface area contributed by atoms with Crippen molar-refractivity contribution in [1.82, 2.24) is 14.1 Å². The Labute approximate surface area is 257 Å². The molecule has 0 aromatic carbocycles. The van der Waals surface area contributed by atoms with Gasteiger partial charge in [0.1, 0.15) is 9.83 Å². The van der Waals surface area contributed by atoms with E-state index in [1.807, 2.05) is 31.4 Å². The Morgan fingerprint density at radius 1 is 1.07 bits per heavy atom. The van der Waals surface area contributed by atoms with Crippen molar-refractivity contribution in [2.45, 2.75) is 83.8 Å². The van der Waals surface area contributed by atoms with Gasteiger partial charge in [-0.3, -0.25) is 14.2 Å². The first-order valence-corrected chi connectivity index (χ1v) is 17.3. The van der Waals surface area contributed by atoms with Crippen LogP contribution in [0.3, 0.4) is 0 Å². The van der Waals surface area contributed by atoms with Gasteiger partial charge in [0.15, 0.2) is 10.9 Å². The van der Waals surface area contributed by atoms with E-state index >= 15 is 0 Å². The molecule has 0 saturated carbocycles. The summed E-state index contributed by atoms with van der Waals surface area (Å²) in [5.41, 5.74) is 5.20. The summed E-state index contributed by atoms with van der Waals surface area (Å²) in [4.78, 5) is 48.6. The van der Waals surface area contributed by atoms with Crippen LogP contribution in [-0.4, -0.2) is 38.2 Å². The molecule has 0 N–H and O–H groups in total. The van der Waals surface area contributed by atoms with Crippen molar-refractivity contribution >= 4 is 56.4 Å². The summed E-state index contributed by atoms with van der Waals surface area (Å²) in [6.07, 6.45) is 9.88. The lowest BCUT2D eigenvalue weighted by Crippen LogP contribution is -2.23. The van der Waals surface area contributed by atoms with Crippen LogP contribution in [0.15, 0.2) is 28.7 Å². The molecule has 4 aromatic rings. The van der Waals surface area contributed by atoms with Crippen LogP contribution >= 0.6 is 34.4 Å². The zero-order chi connectivity index (χ0) is 29.5. The molecule has 0 amide bonds. The van der Waals surface area contributed by atoms with Gasteiger partial charge in [0.05, 0.1) is 23.3 Å². The number of carbonyl (C=O) groups is 2. The predicted molar refractivity (Wildman–Crippen MR) is 171 cm³/mol. The van der Waals surface area contributed by atoms with Crippen LogP contribution in [0, 0.1) is 13.8 Å². The SMILES string of the molecule is C=CCn1c(SCC(=O)c2cc(C)n(-c3sc4c(c3C(=O)OCC)CCCC4)c2C)nc2sc3c(c2c1=O)CCCC3. The molecule has 10 heteroatoms. The van der Waals surface area contributed by atoms with Crippen LogP contribution < -0.4 is 5.56 Å². The van der Waals surface area contributed by atoms with Crippen molar-refractivity contribution in [2.24, 2.45) is 0 Å². The number of aryl methyl sites for hydroxylation is 4. The van der Waals surface area contributed by atoms with Gasteiger partial charge < -0.3 is 9.30 Å². The molecule has 2 aliphatic carbocycles. The highest BCUT2D eigenvalue weighted by Gasteiger charge is 2.30. The number of thiophene rings is 2. The third-order valence-corrected chi connectivity index (χ3v) is 11.7. The number of thioether (sulfide) groups is 1. The molecule has 0 aliphatic heterocycles. The molecule has 2 aliphatic rings. The lowest BCUT2D eigenvalue weighted by Gasteiger charge is -2.13. The molecule has 7 nitrogen and oxygen atoms in total. The van der Waals surface area contributed by atoms with Gasteiger partial charge >= 0.3 is 5.97 Å². The van der Waals surface area contributed by atoms with E-state index in [9.17, 15) is 14.4 Å². The number of allylic oxidation sites excluding steroid dienone is 1. The van der Waals surface area contributed by atoms with Gasteiger partial charge in [0, 0.05) is 33.3 Å². The van der Waals surface area contributed by atoms with Gasteiger partial charge in [-0.1, -0.05) is 17.8 Å². The minimum absolute atomic E-state index is 0.0386. The van der Waals surface area contributed by atoms with E-state index in [4.69, 9.17) is 9.72 Å². The highest BCUT2D eigenvalue weighted by Crippen LogP contribution is 2.40. The Balaban J connectivity index is 1.33. The molecule has 0 unspecified atom stereocenters. The minimum atomic E-state index is -0.292. The van der Waals surface area contributed by atoms with E-state index in [0.29, 0.717) is 29.4 Å². The first kappa shape index (κ1) is 29.1. The standard InChI is InChI=1S/C32H35N3O4S3/c1-5-15-34-29(37)26-20-11-7-9-13-24(20)41-28(26)33-32(34)40-17-23(36)22-16-18(3)35(19(22)4)30-27(31(38)39-6-2)21-12-8-10-14-25(21)42-30/h5,16H,1,6-15,17H2,2-4H3. The second-order valence-electron chi connectivity index (χ2n) is 10.9. The van der Waals surface area contributed by atoms with E-state index in [1.165, 1.54) is 21.5 Å². The van der Waals surface area contributed by atoms with Crippen molar-refractivity contribution in [3.05, 3.63) is 72.5 Å². The molecule has 4 heterocycles. The Bertz CT molecular complexity index is 1790. The van der Waals surface area contributed by atoms with E-state index in [0.717, 1.165) is 89.1 Å². The summed E-state index contributed by atoms with van der Waals surface area (Å²) in [7, 11) is 0. The monoisotopic (exact) mass is 621 g/mol. The molecule has 4 aromatic heterocycles. The van der Waals surface area contributed by atoms with Crippen LogP contribution in [0.4, 0.5) is 0 Å². The van der Waals surface area contributed by atoms with Crippen LogP contribution in [0.1, 0.15) is 85.6 Å². The van der Waals surface area contributed by atoms with E-state index < -0.39 is 0 Å². The lowest BCUT2D eigenvalue weighted by molar-refractivity contribution is 0.0525. The first-order chi connectivity index (χ1) is 20.3. The largest absolute Gasteiger partial charge is 0.462 e. The number of carbonyl (C=O) groups excluding carboxylic acids is 2. The van der Waals surface area contributed by atoms with E-state index in [-0.39, 0.29) is 23.1 Å². The summed E-state index contributed by atoms with van der Waals surface area (Å²) >= 11 is 4.57. The molecule has 0 bridgehead atoms. The van der Waals surface area contributed by atoms with Crippen LogP contribution in [0.5, 0.6) is 0 Å². The lowest BCUT2D eigenvalue weighted by atomic mass is 9.95. The molecule has 0 spiro atoms. The summed E-state index contributed by atoms with van der Waals surface area (Å²) in [6, 6.07) is 1.91. The van der Waals surface area contributed by atoms with E-state index in [2.05, 4.69) is 6.58 Å². The number of rotatable bonds is 9. The van der Waals surface area contributed by atoms with Crippen LogP contribution in [-0.2, 0) is 37.0 Å². The van der Waals surface area contributed by atoms with Gasteiger partial charge in [0.25, 0.3) is 5.56 Å². The van der Waals surface area contributed by atoms with Gasteiger partial charge in [0.2, 0.25) is 0 Å². The fraction of sp³-hybridized carbons (Fsp3) is 0.438. The number of ether oxygens (including phenoxy) is 1. The fourth-order valence-corrected chi connectivity index (χ4v) is 9.99. The third-order valence-electron chi connectivity index (χ3n) is 8.25. The van der Waals surface area contributed by atoms with Crippen LogP contribution in [0.2, 0.25) is 0 Å². The summed E-state index contributed by atoms with van der Waals surface area (Å²) < 4.78 is 9.17. The van der Waals surface area contributed by atoms with Crippen molar-refractivity contribution in [2.75, 3.05) is 12.4 Å². The minimum Gasteiger partial charge on any atom is -0.462 e. The van der Waals surface area contributed by atoms with Gasteiger partial charge in [-0.2, -0.15) is 0 Å². The normalized spacial score (nSPS) is 14.5. The number of Topliss-reactive ketones (excluding diaryl/α,β-unsaturated/α-hetero) is 1. The number of ketones is 1. The molecule has 42 heavy (non-hydrogen) atoms. The Morgan fingerprint density at radius 2 is 1.76 bits per heavy atom. The Morgan fingerprint density at radius 3 is 2.48 bits per heavy atom. The first-order valence-electron chi connectivity index (χ1n) is 14.7. The predicted octanol–water partition coefficient (Wildman–Crippen LogP) is 7.02. The molecular weight excluding hydrogens is 587 g/mol. The maximum Gasteiger partial charge on any atom is 0.341 e. The van der Waals surface area contributed by atoms with Crippen molar-refractivity contribution in [3.63, 3.8) is 0 Å². The molecular formula is C32H35N3O4S3. The number of aromatic nitrogens is 3. The second kappa shape index (κ2) is 12.0. The quantitative estimate of drug-likeness (QED) is 0.0657. The van der Waals surface area contributed by atoms with Gasteiger partial charge in [-0.15, -0.1) is 29.3 Å². The average molecular weight is 622 g/mol. The number of fused-ring (bicyclic) bond motifs is 4. The highest BCUT2D eigenvalue weighted by atomic mass is 32.2. The zero-order valence-corrected chi connectivity index (χ0v) is 26.8. The zero-order valence-electron chi connectivity index (χ0n) is 24.3. The van der Waals surface area contributed by atoms with Crippen molar-refractivity contribution < 1.29 is 14.3 Å². The van der Waals surface area contributed by atoms with Crippen molar-refractivity contribution in [1.29, 1.82) is 0 Å². The summed E-state index contributed by atoms with van der Waals surface area (Å²) in [6.45, 7) is 10.2. The smallest absolute Gasteiger partial charge is 0.341 e. The maximum atomic E-state index is 13.7. The molecule has 0 radical (unpaired) electrons. The Kier molecular flexibility index (Phi) is 8.31. The molecule has 0 atom stereocenters. The fourth-order valence-electron chi connectivity index (χ4n) is 6.31. The van der Waals surface area contributed by atoms with E-state index in [1.54, 1.807) is 33.3 Å². The highest BCUT2D eigenvalue weighted by molar-refractivity contribution is 7.99. The maximum absolute atomic E-state index is 13.7. The Hall–Kier alpha value is -2.95. The summed E-state index contributed by atoms with van der Waals surface area (Å²) in [5, 5.41) is 2.13. The van der Waals surface area contributed by atoms with Crippen molar-refractivity contribution in [3.8, 4) is 5.00 Å². The number of nitrogens with zero attached hydrogens (tertiary/aromatic N) is 3. The molecule has 0 fully saturated rings. The van der Waals surface area contributed by atoms with Gasteiger partial charge in [-0.25, -0.2) is 9.78 Å². The number of esters is 1. The molecule has 6 rings (SSSR count). The summed E-state index contributed by atoms with van der Waals surface area (Å²) in [5.74, 6) is -0.182. The number of hydrogen-bond acceptors (Lipinski definition) is 8. The molecule has 0 saturated heterocycles.